The molecule has 3 heterocycles. The Bertz CT molecular complexity index is 1170. The summed E-state index contributed by atoms with van der Waals surface area (Å²) in [6, 6.07) is 4.36. The van der Waals surface area contributed by atoms with Gasteiger partial charge in [-0.2, -0.15) is 0 Å². The minimum Gasteiger partial charge on any atom is -0.481 e. The molecule has 9 nitrogen and oxygen atoms in total. The number of carbonyl (C=O) groups is 2. The maximum Gasteiger partial charge on any atom is 0.338 e. The minimum absolute atomic E-state index is 0.0333. The lowest BCUT2D eigenvalue weighted by Gasteiger charge is -2.35. The standard InChI is InChI=1S/C24H26Cl2N4O5S/c1-2-34-24(33)20-18(13-30-8-9-35-15(12-30)4-6-19(31)32)28-22(23-27-7-10-36-23)29-21(20)16-5-3-14(25)11-17(16)26/h3,5,7,10-11,15,21H,2,4,6,8-9,12-13H2,1H3,(H,28,29)(H,31,32)/t15-,21-/m0/s1. The van der Waals surface area contributed by atoms with Gasteiger partial charge in [0.15, 0.2) is 10.8 Å². The summed E-state index contributed by atoms with van der Waals surface area (Å²) < 4.78 is 11.2. The van der Waals surface area contributed by atoms with Crippen LogP contribution in [0.2, 0.25) is 10.0 Å². The Morgan fingerprint density at radius 1 is 1.36 bits per heavy atom. The molecule has 0 bridgehead atoms. The number of amidine groups is 1. The number of halogens is 2. The number of rotatable bonds is 9. The van der Waals surface area contributed by atoms with E-state index in [4.69, 9.17) is 42.8 Å². The highest BCUT2D eigenvalue weighted by Gasteiger charge is 2.35. The van der Waals surface area contributed by atoms with Crippen molar-refractivity contribution >= 4 is 52.3 Å². The van der Waals surface area contributed by atoms with E-state index in [-0.39, 0.29) is 19.1 Å². The Morgan fingerprint density at radius 3 is 2.89 bits per heavy atom. The van der Waals surface area contributed by atoms with Gasteiger partial charge in [-0.15, -0.1) is 11.3 Å². The van der Waals surface area contributed by atoms with Gasteiger partial charge >= 0.3 is 11.9 Å². The Labute approximate surface area is 222 Å². The van der Waals surface area contributed by atoms with E-state index in [1.54, 1.807) is 31.3 Å². The highest BCUT2D eigenvalue weighted by Crippen LogP contribution is 2.37. The highest BCUT2D eigenvalue weighted by atomic mass is 35.5. The number of aliphatic carboxylic acids is 1. The molecule has 0 radical (unpaired) electrons. The van der Waals surface area contributed by atoms with E-state index < -0.39 is 18.0 Å². The van der Waals surface area contributed by atoms with Crippen molar-refractivity contribution in [1.82, 2.24) is 15.2 Å². The predicted octanol–water partition coefficient (Wildman–Crippen LogP) is 3.92. The molecule has 0 amide bonds. The number of hydrogen-bond acceptors (Lipinski definition) is 9. The summed E-state index contributed by atoms with van der Waals surface area (Å²) in [4.78, 5) is 35.6. The minimum atomic E-state index is -0.857. The predicted molar refractivity (Wildman–Crippen MR) is 138 cm³/mol. The molecule has 0 aliphatic carbocycles. The van der Waals surface area contributed by atoms with Crippen LogP contribution in [-0.2, 0) is 19.1 Å². The lowest BCUT2D eigenvalue weighted by molar-refractivity contribution is -0.139. The van der Waals surface area contributed by atoms with Crippen molar-refractivity contribution in [2.75, 3.05) is 32.8 Å². The molecule has 1 saturated heterocycles. The number of aromatic nitrogens is 1. The van der Waals surface area contributed by atoms with Crippen LogP contribution in [0.1, 0.15) is 36.4 Å². The summed E-state index contributed by atoms with van der Waals surface area (Å²) >= 11 is 14.1. The van der Waals surface area contributed by atoms with Crippen molar-refractivity contribution in [2.45, 2.75) is 31.9 Å². The van der Waals surface area contributed by atoms with Crippen molar-refractivity contribution in [1.29, 1.82) is 0 Å². The summed E-state index contributed by atoms with van der Waals surface area (Å²) in [5, 5.41) is 15.7. The lowest BCUT2D eigenvalue weighted by atomic mass is 9.95. The molecule has 2 aliphatic rings. The lowest BCUT2D eigenvalue weighted by Crippen LogP contribution is -2.46. The van der Waals surface area contributed by atoms with Gasteiger partial charge in [0.1, 0.15) is 6.04 Å². The van der Waals surface area contributed by atoms with Crippen molar-refractivity contribution in [3.8, 4) is 0 Å². The molecule has 1 fully saturated rings. The summed E-state index contributed by atoms with van der Waals surface area (Å²) in [6.45, 7) is 3.96. The first-order valence-electron chi connectivity index (χ1n) is 11.5. The van der Waals surface area contributed by atoms with E-state index >= 15 is 0 Å². The number of ether oxygens (including phenoxy) is 2. The van der Waals surface area contributed by atoms with Crippen LogP contribution in [0.3, 0.4) is 0 Å². The number of aliphatic imine (C=N–C) groups is 1. The van der Waals surface area contributed by atoms with Crippen LogP contribution >= 0.6 is 34.5 Å². The van der Waals surface area contributed by atoms with Gasteiger partial charge in [-0.25, -0.2) is 9.78 Å². The number of esters is 1. The summed E-state index contributed by atoms with van der Waals surface area (Å²) in [5.74, 6) is -0.822. The number of carboxylic acid groups (broad SMARTS) is 1. The molecule has 2 atom stereocenters. The van der Waals surface area contributed by atoms with Crippen LogP contribution in [0.25, 0.3) is 0 Å². The zero-order valence-corrected chi connectivity index (χ0v) is 21.9. The van der Waals surface area contributed by atoms with Gasteiger partial charge in [0.2, 0.25) is 0 Å². The fourth-order valence-corrected chi connectivity index (χ4v) is 5.27. The zero-order valence-electron chi connectivity index (χ0n) is 19.6. The van der Waals surface area contributed by atoms with Crippen LogP contribution in [0.4, 0.5) is 0 Å². The summed E-state index contributed by atoms with van der Waals surface area (Å²) in [5.41, 5.74) is 1.61. The van der Waals surface area contributed by atoms with Crippen LogP contribution in [0.5, 0.6) is 0 Å². The van der Waals surface area contributed by atoms with E-state index in [1.165, 1.54) is 11.3 Å². The van der Waals surface area contributed by atoms with Gasteiger partial charge in [-0.1, -0.05) is 29.3 Å². The second-order valence-electron chi connectivity index (χ2n) is 8.28. The monoisotopic (exact) mass is 552 g/mol. The zero-order chi connectivity index (χ0) is 25.7. The molecule has 192 valence electrons. The highest BCUT2D eigenvalue weighted by molar-refractivity contribution is 7.11. The number of carbonyl (C=O) groups excluding carboxylic acids is 1. The van der Waals surface area contributed by atoms with Crippen molar-refractivity contribution in [3.63, 3.8) is 0 Å². The van der Waals surface area contributed by atoms with E-state index in [0.717, 1.165) is 0 Å². The third-order valence-electron chi connectivity index (χ3n) is 5.80. The van der Waals surface area contributed by atoms with Gasteiger partial charge in [0.25, 0.3) is 0 Å². The van der Waals surface area contributed by atoms with Crippen LogP contribution in [-0.4, -0.2) is 71.7 Å². The van der Waals surface area contributed by atoms with E-state index in [9.17, 15) is 9.59 Å². The molecule has 0 spiro atoms. The normalized spacial score (nSPS) is 20.6. The third kappa shape index (κ3) is 6.43. The Morgan fingerprint density at radius 2 is 2.19 bits per heavy atom. The number of benzene rings is 1. The first-order chi connectivity index (χ1) is 17.4. The second kappa shape index (κ2) is 12.2. The number of carboxylic acids is 1. The van der Waals surface area contributed by atoms with Crippen molar-refractivity contribution in [3.05, 3.63) is 61.7 Å². The van der Waals surface area contributed by atoms with Gasteiger partial charge in [-0.05, 0) is 25.5 Å². The fourth-order valence-electron chi connectivity index (χ4n) is 4.17. The molecule has 0 saturated carbocycles. The van der Waals surface area contributed by atoms with Gasteiger partial charge in [0.05, 0.1) is 24.9 Å². The Balaban J connectivity index is 1.71. The molecule has 1 aromatic heterocycles. The Kier molecular flexibility index (Phi) is 8.97. The van der Waals surface area contributed by atoms with Crippen molar-refractivity contribution in [2.24, 2.45) is 4.99 Å². The maximum atomic E-state index is 13.3. The second-order valence-corrected chi connectivity index (χ2v) is 10.0. The quantitative estimate of drug-likeness (QED) is 0.450. The molecule has 2 N–H and O–H groups in total. The maximum absolute atomic E-state index is 13.3. The SMILES string of the molecule is CCOC(=O)C1=C(CN2CCO[C@@H](CCC(=O)O)C2)NC(c2nccs2)=N[C@H]1c1ccc(Cl)cc1Cl. The smallest absolute Gasteiger partial charge is 0.338 e. The molecule has 36 heavy (non-hydrogen) atoms. The fraction of sp³-hybridized carbons (Fsp3) is 0.417. The van der Waals surface area contributed by atoms with Crippen LogP contribution in [0, 0.1) is 0 Å². The molecule has 0 unspecified atom stereocenters. The summed E-state index contributed by atoms with van der Waals surface area (Å²) in [6.07, 6.45) is 1.93. The number of nitrogens with one attached hydrogen (secondary N) is 1. The van der Waals surface area contributed by atoms with Crippen molar-refractivity contribution < 1.29 is 24.2 Å². The van der Waals surface area contributed by atoms with Gasteiger partial charge in [0, 0.05) is 58.9 Å². The average Bonchev–Trinajstić information content (AvgIpc) is 3.38. The summed E-state index contributed by atoms with van der Waals surface area (Å²) in [7, 11) is 0. The average molecular weight is 553 g/mol. The largest absolute Gasteiger partial charge is 0.481 e. The van der Waals surface area contributed by atoms with Gasteiger partial charge < -0.3 is 19.9 Å². The Hall–Kier alpha value is -2.50. The van der Waals surface area contributed by atoms with Crippen LogP contribution in [0.15, 0.2) is 46.0 Å². The van der Waals surface area contributed by atoms with E-state index in [2.05, 4.69) is 15.2 Å². The topological polar surface area (TPSA) is 113 Å². The number of nitrogens with zero attached hydrogens (tertiary/aromatic N) is 3. The molecular formula is C24H26Cl2N4O5S. The molecular weight excluding hydrogens is 527 g/mol. The molecule has 2 aromatic rings. The molecule has 2 aliphatic heterocycles. The number of morpholine rings is 1. The first-order valence-corrected chi connectivity index (χ1v) is 13.1. The molecule has 1 aromatic carbocycles. The van der Waals surface area contributed by atoms with Gasteiger partial charge in [-0.3, -0.25) is 14.7 Å². The first kappa shape index (κ1) is 26.6. The molecule has 4 rings (SSSR count). The van der Waals surface area contributed by atoms with E-state index in [0.29, 0.717) is 70.4 Å². The number of thiazole rings is 1. The van der Waals surface area contributed by atoms with Crippen LogP contribution < -0.4 is 5.32 Å². The molecule has 12 heteroatoms. The van der Waals surface area contributed by atoms with E-state index in [1.807, 2.05) is 5.38 Å². The number of hydrogen-bond donors (Lipinski definition) is 2. The third-order valence-corrected chi connectivity index (χ3v) is 7.14.